The van der Waals surface area contributed by atoms with E-state index in [0.29, 0.717) is 0 Å². The van der Waals surface area contributed by atoms with E-state index in [0.717, 1.165) is 18.3 Å². The molecule has 2 rings (SSSR count). The van der Waals surface area contributed by atoms with Gasteiger partial charge < -0.3 is 20.4 Å². The molecule has 0 aromatic carbocycles. The second kappa shape index (κ2) is 8.41. The zero-order valence-electron chi connectivity index (χ0n) is 13.8. The maximum atomic E-state index is 12.3. The minimum Gasteiger partial charge on any atom is -0.731 e. The molecule has 0 radical (unpaired) electrons. The topological polar surface area (TPSA) is 184 Å². The number of rotatable bonds is 6. The molecule has 1 aromatic rings. The predicted octanol–water partition coefficient (Wildman–Crippen LogP) is -5.18. The zero-order valence-corrected chi connectivity index (χ0v) is 17.5. The summed E-state index contributed by atoms with van der Waals surface area (Å²) in [6, 6.07) is -3.14. The number of nitrogens with zero attached hydrogens (tertiary/aromatic N) is 3. The summed E-state index contributed by atoms with van der Waals surface area (Å²) in [5.74, 6) is -2.97. The first-order chi connectivity index (χ1) is 11.6. The molecule has 3 N–H and O–H groups in total. The number of nitrogens with one attached hydrogen (secondary N) is 1. The van der Waals surface area contributed by atoms with E-state index in [4.69, 9.17) is 5.73 Å². The van der Waals surface area contributed by atoms with E-state index >= 15 is 0 Å². The first-order valence-electron chi connectivity index (χ1n) is 6.50. The molecule has 0 spiro atoms. The standard InChI is InChI=1S/C11H13N5O7S2.Na/c1-4(17)8-7(10(19)16(8)25(20,21)22)14-9(18)6(15-23-2)5-3-24-11(12)13-5;/h3,7-8H,1-2H3,(H2,12,13)(H,14,18)(H,20,21,22);/q;+1/p-1/t7-,8+;/m1./s1. The van der Waals surface area contributed by atoms with Gasteiger partial charge in [0.1, 0.15) is 24.9 Å². The first-order valence-corrected chi connectivity index (χ1v) is 8.75. The van der Waals surface area contributed by atoms with Gasteiger partial charge >= 0.3 is 29.6 Å². The van der Waals surface area contributed by atoms with Gasteiger partial charge in [-0.3, -0.25) is 14.4 Å². The van der Waals surface area contributed by atoms with Crippen LogP contribution >= 0.6 is 11.3 Å². The molecule has 0 unspecified atom stereocenters. The number of thiazole rings is 1. The van der Waals surface area contributed by atoms with Crippen LogP contribution in [-0.2, 0) is 29.5 Å². The van der Waals surface area contributed by atoms with Crippen molar-refractivity contribution in [2.24, 2.45) is 5.16 Å². The number of carbonyl (C=O) groups is 3. The molecule has 2 heterocycles. The zero-order chi connectivity index (χ0) is 18.9. The van der Waals surface area contributed by atoms with Crippen LogP contribution in [0.25, 0.3) is 0 Å². The summed E-state index contributed by atoms with van der Waals surface area (Å²) in [6.07, 6.45) is 0. The van der Waals surface area contributed by atoms with Gasteiger partial charge in [0.25, 0.3) is 11.8 Å². The van der Waals surface area contributed by atoms with Crippen molar-refractivity contribution in [1.29, 1.82) is 0 Å². The second-order valence-corrected chi connectivity index (χ2v) is 6.93. The third-order valence-corrected chi connectivity index (χ3v) is 4.72. The molecule has 1 aromatic heterocycles. The quantitative estimate of drug-likeness (QED) is 0.151. The van der Waals surface area contributed by atoms with E-state index in [2.05, 4.69) is 20.3 Å². The first kappa shape index (κ1) is 22.5. The molecule has 0 saturated carbocycles. The van der Waals surface area contributed by atoms with Gasteiger partial charge in [-0.15, -0.1) is 11.3 Å². The minimum atomic E-state index is -5.18. The molecule has 15 heteroatoms. The number of anilines is 1. The second-order valence-electron chi connectivity index (χ2n) is 4.79. The van der Waals surface area contributed by atoms with Crippen molar-refractivity contribution in [1.82, 2.24) is 14.6 Å². The molecule has 136 valence electrons. The number of amides is 2. The van der Waals surface area contributed by atoms with Crippen LogP contribution in [0, 0.1) is 0 Å². The predicted molar refractivity (Wildman–Crippen MR) is 83.0 cm³/mol. The number of carbonyl (C=O) groups excluding carboxylic acids is 3. The Morgan fingerprint density at radius 2 is 2.12 bits per heavy atom. The van der Waals surface area contributed by atoms with Gasteiger partial charge in [-0.1, -0.05) is 5.16 Å². The molecule has 2 amide bonds. The monoisotopic (exact) mass is 413 g/mol. The van der Waals surface area contributed by atoms with Crippen molar-refractivity contribution in [2.75, 3.05) is 12.8 Å². The molecular formula is C11H12N5NaO7S2. The Kier molecular flexibility index (Phi) is 7.26. The number of nitrogen functional groups attached to an aromatic ring is 1. The van der Waals surface area contributed by atoms with E-state index in [-0.39, 0.29) is 50.4 Å². The fraction of sp³-hybridized carbons (Fsp3) is 0.364. The Morgan fingerprint density at radius 3 is 2.54 bits per heavy atom. The third-order valence-electron chi connectivity index (χ3n) is 3.16. The van der Waals surface area contributed by atoms with Gasteiger partial charge in [0.05, 0.1) is 0 Å². The molecule has 1 aliphatic heterocycles. The fourth-order valence-electron chi connectivity index (χ4n) is 2.15. The Morgan fingerprint density at radius 1 is 1.50 bits per heavy atom. The Balaban J connectivity index is 0.00000338. The molecule has 12 nitrogen and oxygen atoms in total. The molecule has 0 aliphatic carbocycles. The van der Waals surface area contributed by atoms with Crippen molar-refractivity contribution in [3.05, 3.63) is 11.1 Å². The number of oxime groups is 1. The number of ketones is 1. The molecule has 2 atom stereocenters. The van der Waals surface area contributed by atoms with E-state index < -0.39 is 40.0 Å². The smallest absolute Gasteiger partial charge is 0.731 e. The van der Waals surface area contributed by atoms with Gasteiger partial charge in [0.15, 0.2) is 26.9 Å². The molecule has 0 bridgehead atoms. The van der Waals surface area contributed by atoms with Gasteiger partial charge in [-0.2, -0.15) is 0 Å². The molecule has 26 heavy (non-hydrogen) atoms. The minimum absolute atomic E-state index is 0. The Labute approximate surface area is 173 Å². The summed E-state index contributed by atoms with van der Waals surface area (Å²) in [4.78, 5) is 44.1. The summed E-state index contributed by atoms with van der Waals surface area (Å²) >= 11 is 1.02. The average Bonchev–Trinajstić information content (AvgIpc) is 2.91. The van der Waals surface area contributed by atoms with Gasteiger partial charge in [-0.05, 0) is 6.92 Å². The summed E-state index contributed by atoms with van der Waals surface area (Å²) in [6.45, 7) is 0.986. The van der Waals surface area contributed by atoms with Crippen molar-refractivity contribution in [3.8, 4) is 0 Å². The van der Waals surface area contributed by atoms with E-state index in [1.165, 1.54) is 12.5 Å². The van der Waals surface area contributed by atoms with E-state index in [1.54, 1.807) is 0 Å². The van der Waals surface area contributed by atoms with E-state index in [1.807, 2.05) is 0 Å². The van der Waals surface area contributed by atoms with Gasteiger partial charge in [0.2, 0.25) is 0 Å². The van der Waals surface area contributed by atoms with Gasteiger partial charge in [-0.25, -0.2) is 17.7 Å². The maximum Gasteiger partial charge on any atom is 1.00 e. The van der Waals surface area contributed by atoms with Crippen LogP contribution in [0.3, 0.4) is 0 Å². The van der Waals surface area contributed by atoms with Crippen LogP contribution in [0.5, 0.6) is 0 Å². The number of hydrogen-bond donors (Lipinski definition) is 2. The number of hydrogen-bond acceptors (Lipinski definition) is 11. The normalized spacial score (nSPS) is 20.0. The van der Waals surface area contributed by atoms with Crippen molar-refractivity contribution in [2.45, 2.75) is 19.0 Å². The Hall–Kier alpha value is -1.58. The average molecular weight is 413 g/mol. The van der Waals surface area contributed by atoms with Crippen LogP contribution in [0.1, 0.15) is 12.6 Å². The molecule has 1 aliphatic rings. The largest absolute Gasteiger partial charge is 1.00 e. The number of Topliss-reactive ketones (excluding diaryl/α,β-unsaturated/α-hetero) is 1. The van der Waals surface area contributed by atoms with Gasteiger partial charge in [0, 0.05) is 5.38 Å². The summed E-state index contributed by atoms with van der Waals surface area (Å²) < 4.78 is 33.0. The molecular weight excluding hydrogens is 401 g/mol. The maximum absolute atomic E-state index is 12.3. The SMILES string of the molecule is CON=C(C(=O)N[C@H]1C(=O)N(S(=O)(=O)[O-])[C@H]1C(C)=O)c1csc(N)n1.[Na+]. The molecule has 1 saturated heterocycles. The fourth-order valence-corrected chi connectivity index (χ4v) is 3.58. The Bertz CT molecular complexity index is 868. The van der Waals surface area contributed by atoms with Crippen LogP contribution in [0.15, 0.2) is 10.5 Å². The summed E-state index contributed by atoms with van der Waals surface area (Å²) in [7, 11) is -4.01. The number of β-lactam (4-membered cyclic amide) rings is 1. The number of nitrogens with two attached hydrogens (primary N) is 1. The van der Waals surface area contributed by atoms with Crippen molar-refractivity contribution < 1.29 is 61.7 Å². The van der Waals surface area contributed by atoms with Crippen molar-refractivity contribution in [3.63, 3.8) is 0 Å². The summed E-state index contributed by atoms with van der Waals surface area (Å²) in [5.41, 5.74) is 5.19. The van der Waals surface area contributed by atoms with Crippen LogP contribution in [-0.4, -0.2) is 64.8 Å². The van der Waals surface area contributed by atoms with Crippen LogP contribution in [0.4, 0.5) is 5.13 Å². The summed E-state index contributed by atoms with van der Waals surface area (Å²) in [5, 5.41) is 7.19. The third kappa shape index (κ3) is 4.39. The van der Waals surface area contributed by atoms with Crippen LogP contribution in [0.2, 0.25) is 0 Å². The van der Waals surface area contributed by atoms with E-state index in [9.17, 15) is 27.4 Å². The molecule has 1 fully saturated rings. The van der Waals surface area contributed by atoms with Crippen molar-refractivity contribution >= 4 is 50.1 Å². The number of aromatic nitrogens is 1. The van der Waals surface area contributed by atoms with Crippen LogP contribution < -0.4 is 40.6 Å².